The van der Waals surface area contributed by atoms with Crippen molar-refractivity contribution in [2.24, 2.45) is 0 Å². The minimum Gasteiger partial charge on any atom is -0.486 e. The lowest BCUT2D eigenvalue weighted by Crippen LogP contribution is -2.27. The van der Waals surface area contributed by atoms with E-state index in [2.05, 4.69) is 5.32 Å². The Balaban J connectivity index is 2.28. The molecule has 16 heavy (non-hydrogen) atoms. The molecule has 0 fully saturated rings. The minimum absolute atomic E-state index is 0.0538. The predicted octanol–water partition coefficient (Wildman–Crippen LogP) is 1.56. The molecule has 1 unspecified atom stereocenters. The van der Waals surface area contributed by atoms with E-state index in [4.69, 9.17) is 14.2 Å². The zero-order valence-electron chi connectivity index (χ0n) is 9.15. The summed E-state index contributed by atoms with van der Waals surface area (Å²) in [5, 5.41) is 2.37. The molecule has 0 bridgehead atoms. The Morgan fingerprint density at radius 2 is 2.38 bits per heavy atom. The summed E-state index contributed by atoms with van der Waals surface area (Å²) < 4.78 is 16.1. The van der Waals surface area contributed by atoms with Crippen molar-refractivity contribution >= 4 is 6.09 Å². The molecule has 0 radical (unpaired) electrons. The van der Waals surface area contributed by atoms with Crippen molar-refractivity contribution < 1.29 is 19.0 Å². The van der Waals surface area contributed by atoms with Gasteiger partial charge in [0.2, 0.25) is 5.75 Å². The van der Waals surface area contributed by atoms with Crippen LogP contribution in [-0.4, -0.2) is 25.9 Å². The van der Waals surface area contributed by atoms with Crippen LogP contribution in [0.4, 0.5) is 4.79 Å². The van der Waals surface area contributed by atoms with E-state index in [0.717, 1.165) is 0 Å². The lowest BCUT2D eigenvalue weighted by atomic mass is 10.2. The second-order valence-electron chi connectivity index (χ2n) is 3.46. The number of rotatable bonds is 1. The van der Waals surface area contributed by atoms with Crippen LogP contribution in [0.25, 0.3) is 0 Å². The van der Waals surface area contributed by atoms with Crippen LogP contribution < -0.4 is 19.5 Å². The van der Waals surface area contributed by atoms with Crippen molar-refractivity contribution in [2.75, 3.05) is 13.7 Å². The number of amides is 1. The van der Waals surface area contributed by atoms with Crippen LogP contribution in [-0.2, 0) is 0 Å². The number of hydrogen-bond acceptors (Lipinski definition) is 4. The van der Waals surface area contributed by atoms with E-state index in [9.17, 15) is 4.79 Å². The van der Waals surface area contributed by atoms with E-state index in [1.165, 1.54) is 7.05 Å². The number of hydrogen-bond donors (Lipinski definition) is 1. The molecule has 0 spiro atoms. The lowest BCUT2D eigenvalue weighted by molar-refractivity contribution is 0.0995. The second kappa shape index (κ2) is 4.30. The topological polar surface area (TPSA) is 56.8 Å². The predicted molar refractivity (Wildman–Crippen MR) is 57.1 cm³/mol. The van der Waals surface area contributed by atoms with E-state index >= 15 is 0 Å². The number of nitrogens with one attached hydrogen (secondary N) is 1. The van der Waals surface area contributed by atoms with Gasteiger partial charge in [0.05, 0.1) is 0 Å². The number of benzene rings is 1. The second-order valence-corrected chi connectivity index (χ2v) is 3.46. The van der Waals surface area contributed by atoms with Gasteiger partial charge in [-0.25, -0.2) is 4.79 Å². The van der Waals surface area contributed by atoms with E-state index < -0.39 is 6.09 Å². The fourth-order valence-electron chi connectivity index (χ4n) is 1.40. The van der Waals surface area contributed by atoms with Crippen molar-refractivity contribution in [3.05, 3.63) is 18.2 Å². The SMILES string of the molecule is CNC(=O)Oc1cccc2c1OC(C)CO2. The highest BCUT2D eigenvalue weighted by Crippen LogP contribution is 2.40. The molecule has 0 aliphatic carbocycles. The zero-order valence-corrected chi connectivity index (χ0v) is 9.15. The first-order chi connectivity index (χ1) is 7.70. The van der Waals surface area contributed by atoms with Crippen LogP contribution in [0, 0.1) is 0 Å². The molecule has 86 valence electrons. The molecule has 0 aromatic heterocycles. The molecule has 1 aliphatic heterocycles. The smallest absolute Gasteiger partial charge is 0.412 e. The van der Waals surface area contributed by atoms with Gasteiger partial charge in [-0.3, -0.25) is 0 Å². The highest BCUT2D eigenvalue weighted by Gasteiger charge is 2.22. The van der Waals surface area contributed by atoms with Gasteiger partial charge in [0.1, 0.15) is 12.7 Å². The van der Waals surface area contributed by atoms with Gasteiger partial charge in [-0.05, 0) is 19.1 Å². The van der Waals surface area contributed by atoms with Crippen molar-refractivity contribution in [1.82, 2.24) is 5.32 Å². The molecule has 1 aromatic rings. The highest BCUT2D eigenvalue weighted by atomic mass is 16.6. The van der Waals surface area contributed by atoms with E-state index in [1.54, 1.807) is 18.2 Å². The average molecular weight is 223 g/mol. The van der Waals surface area contributed by atoms with Crippen LogP contribution in [0.2, 0.25) is 0 Å². The molecule has 1 amide bonds. The third-order valence-corrected chi connectivity index (χ3v) is 2.14. The van der Waals surface area contributed by atoms with Gasteiger partial charge in [0.15, 0.2) is 11.5 Å². The molecule has 5 heteroatoms. The molecular formula is C11H13NO4. The van der Waals surface area contributed by atoms with Crippen molar-refractivity contribution in [3.63, 3.8) is 0 Å². The summed E-state index contributed by atoms with van der Waals surface area (Å²) in [6, 6.07) is 5.18. The third kappa shape index (κ3) is 2.03. The fourth-order valence-corrected chi connectivity index (χ4v) is 1.40. The minimum atomic E-state index is -0.532. The van der Waals surface area contributed by atoms with Gasteiger partial charge in [-0.1, -0.05) is 6.07 Å². The van der Waals surface area contributed by atoms with Crippen LogP contribution in [0.5, 0.6) is 17.2 Å². The maximum atomic E-state index is 11.1. The molecule has 1 atom stereocenters. The van der Waals surface area contributed by atoms with Crippen LogP contribution in [0.1, 0.15) is 6.92 Å². The first-order valence-electron chi connectivity index (χ1n) is 5.02. The summed E-state index contributed by atoms with van der Waals surface area (Å²) in [4.78, 5) is 11.1. The van der Waals surface area contributed by atoms with E-state index in [0.29, 0.717) is 23.9 Å². The summed E-state index contributed by atoms with van der Waals surface area (Å²) in [6.07, 6.45) is -0.586. The van der Waals surface area contributed by atoms with Gasteiger partial charge >= 0.3 is 6.09 Å². The molecule has 1 aliphatic rings. The van der Waals surface area contributed by atoms with Crippen molar-refractivity contribution in [3.8, 4) is 17.2 Å². The molecule has 1 N–H and O–H groups in total. The molecule has 5 nitrogen and oxygen atoms in total. The first kappa shape index (κ1) is 10.6. The summed E-state index contributed by atoms with van der Waals surface area (Å²) in [5.74, 6) is 1.44. The monoisotopic (exact) mass is 223 g/mol. The molecule has 0 saturated carbocycles. The highest BCUT2D eigenvalue weighted by molar-refractivity contribution is 5.71. The van der Waals surface area contributed by atoms with Gasteiger partial charge < -0.3 is 19.5 Å². The molecule has 1 heterocycles. The number of fused-ring (bicyclic) bond motifs is 1. The Bertz CT molecular complexity index is 405. The largest absolute Gasteiger partial charge is 0.486 e. The maximum absolute atomic E-state index is 11.1. The Morgan fingerprint density at radius 1 is 1.56 bits per heavy atom. The summed E-state index contributed by atoms with van der Waals surface area (Å²) >= 11 is 0. The molecule has 2 rings (SSSR count). The van der Waals surface area contributed by atoms with Crippen LogP contribution in [0.15, 0.2) is 18.2 Å². The number of ether oxygens (including phenoxy) is 3. The van der Waals surface area contributed by atoms with Crippen molar-refractivity contribution in [1.29, 1.82) is 0 Å². The Hall–Kier alpha value is -1.91. The molecule has 1 aromatic carbocycles. The van der Waals surface area contributed by atoms with E-state index in [-0.39, 0.29) is 6.10 Å². The summed E-state index contributed by atoms with van der Waals surface area (Å²) in [7, 11) is 1.50. The first-order valence-corrected chi connectivity index (χ1v) is 5.02. The average Bonchev–Trinajstić information content (AvgIpc) is 2.29. The fraction of sp³-hybridized carbons (Fsp3) is 0.364. The Morgan fingerprint density at radius 3 is 3.12 bits per heavy atom. The zero-order chi connectivity index (χ0) is 11.5. The lowest BCUT2D eigenvalue weighted by Gasteiger charge is -2.25. The van der Waals surface area contributed by atoms with Gasteiger partial charge in [-0.2, -0.15) is 0 Å². The normalized spacial score (nSPS) is 17.8. The quantitative estimate of drug-likeness (QED) is 0.785. The standard InChI is InChI=1S/C11H13NO4/c1-7-6-14-8-4-3-5-9(10(8)15-7)16-11(13)12-2/h3-5,7H,6H2,1-2H3,(H,12,13). The van der Waals surface area contributed by atoms with Gasteiger partial charge in [0, 0.05) is 7.05 Å². The molecule has 0 saturated heterocycles. The Kier molecular flexibility index (Phi) is 2.85. The molecular weight excluding hydrogens is 210 g/mol. The maximum Gasteiger partial charge on any atom is 0.412 e. The summed E-state index contributed by atoms with van der Waals surface area (Å²) in [6.45, 7) is 2.38. The number of carbonyl (C=O) groups is 1. The van der Waals surface area contributed by atoms with Gasteiger partial charge in [0.25, 0.3) is 0 Å². The summed E-state index contributed by atoms with van der Waals surface area (Å²) in [5.41, 5.74) is 0. The van der Waals surface area contributed by atoms with Crippen LogP contribution in [0.3, 0.4) is 0 Å². The number of carbonyl (C=O) groups excluding carboxylic acids is 1. The van der Waals surface area contributed by atoms with Crippen LogP contribution >= 0.6 is 0 Å². The van der Waals surface area contributed by atoms with Gasteiger partial charge in [-0.15, -0.1) is 0 Å². The number of para-hydroxylation sites is 1. The Labute approximate surface area is 93.3 Å². The van der Waals surface area contributed by atoms with Crippen molar-refractivity contribution in [2.45, 2.75) is 13.0 Å². The third-order valence-electron chi connectivity index (χ3n) is 2.14. The van der Waals surface area contributed by atoms with E-state index in [1.807, 2.05) is 6.92 Å².